The average molecular weight is 304 g/mol. The third-order valence-electron chi connectivity index (χ3n) is 5.11. The van der Waals surface area contributed by atoms with Crippen molar-refractivity contribution < 1.29 is 9.21 Å². The van der Waals surface area contributed by atoms with Gasteiger partial charge in [0.1, 0.15) is 5.76 Å². The summed E-state index contributed by atoms with van der Waals surface area (Å²) in [5.74, 6) is 1.93. The molecule has 2 fully saturated rings. The summed E-state index contributed by atoms with van der Waals surface area (Å²) in [6.07, 6.45) is 11.0. The van der Waals surface area contributed by atoms with Crippen LogP contribution in [0, 0.1) is 5.92 Å². The van der Waals surface area contributed by atoms with E-state index < -0.39 is 0 Å². The van der Waals surface area contributed by atoms with Crippen molar-refractivity contribution in [3.05, 3.63) is 24.2 Å². The highest BCUT2D eigenvalue weighted by Crippen LogP contribution is 2.26. The molecule has 3 rings (SSSR count). The van der Waals surface area contributed by atoms with Crippen LogP contribution < -0.4 is 5.32 Å². The number of hydrogen-bond acceptors (Lipinski definition) is 3. The fourth-order valence-electron chi connectivity index (χ4n) is 3.80. The van der Waals surface area contributed by atoms with Crippen molar-refractivity contribution in [2.75, 3.05) is 13.1 Å². The molecule has 2 heterocycles. The van der Waals surface area contributed by atoms with Crippen molar-refractivity contribution in [3.63, 3.8) is 0 Å². The molecule has 1 amide bonds. The summed E-state index contributed by atoms with van der Waals surface area (Å²) in [6, 6.07) is 4.33. The summed E-state index contributed by atoms with van der Waals surface area (Å²) in [6.45, 7) is 2.96. The third kappa shape index (κ3) is 4.60. The number of amides is 1. The number of rotatable bonds is 5. The van der Waals surface area contributed by atoms with Gasteiger partial charge in [0.15, 0.2) is 0 Å². The lowest BCUT2D eigenvalue weighted by molar-refractivity contribution is -0.123. The molecular formula is C18H28N2O2. The first kappa shape index (κ1) is 15.6. The van der Waals surface area contributed by atoms with Gasteiger partial charge < -0.3 is 9.73 Å². The molecule has 1 aliphatic heterocycles. The predicted molar refractivity (Wildman–Crippen MR) is 86.3 cm³/mol. The first-order chi connectivity index (χ1) is 10.8. The minimum atomic E-state index is 0.274. The summed E-state index contributed by atoms with van der Waals surface area (Å²) in [5, 5.41) is 3.26. The largest absolute Gasteiger partial charge is 0.468 e. The van der Waals surface area contributed by atoms with E-state index >= 15 is 0 Å². The zero-order valence-corrected chi connectivity index (χ0v) is 13.4. The topological polar surface area (TPSA) is 45.5 Å². The molecule has 1 N–H and O–H groups in total. The fraction of sp³-hybridized carbons (Fsp3) is 0.722. The van der Waals surface area contributed by atoms with E-state index in [2.05, 4.69) is 10.2 Å². The lowest BCUT2D eigenvalue weighted by Crippen LogP contribution is -2.44. The second-order valence-electron chi connectivity index (χ2n) is 6.91. The van der Waals surface area contributed by atoms with Gasteiger partial charge in [0.2, 0.25) is 5.91 Å². The maximum Gasteiger partial charge on any atom is 0.220 e. The summed E-state index contributed by atoms with van der Waals surface area (Å²) in [4.78, 5) is 14.6. The molecule has 0 unspecified atom stereocenters. The van der Waals surface area contributed by atoms with Gasteiger partial charge in [0.05, 0.1) is 12.8 Å². The van der Waals surface area contributed by atoms with Crippen LogP contribution in [0.3, 0.4) is 0 Å². The van der Waals surface area contributed by atoms with Crippen LogP contribution in [0.25, 0.3) is 0 Å². The predicted octanol–water partition coefficient (Wildman–Crippen LogP) is 3.33. The van der Waals surface area contributed by atoms with Crippen LogP contribution in [0.1, 0.15) is 57.1 Å². The quantitative estimate of drug-likeness (QED) is 0.907. The van der Waals surface area contributed by atoms with Crippen LogP contribution in [0.4, 0.5) is 0 Å². The Morgan fingerprint density at radius 2 is 1.95 bits per heavy atom. The molecule has 1 saturated carbocycles. The maximum absolute atomic E-state index is 12.2. The molecule has 1 aromatic heterocycles. The van der Waals surface area contributed by atoms with Crippen LogP contribution in [-0.4, -0.2) is 29.9 Å². The lowest BCUT2D eigenvalue weighted by atomic mass is 9.86. The summed E-state index contributed by atoms with van der Waals surface area (Å²) in [5.41, 5.74) is 0. The van der Waals surface area contributed by atoms with Crippen LogP contribution in [0.2, 0.25) is 0 Å². The Hall–Kier alpha value is -1.29. The zero-order valence-electron chi connectivity index (χ0n) is 13.4. The third-order valence-corrected chi connectivity index (χ3v) is 5.11. The second kappa shape index (κ2) is 7.82. The number of hydrogen-bond donors (Lipinski definition) is 1. The molecule has 0 aromatic carbocycles. The van der Waals surface area contributed by atoms with Crippen molar-refractivity contribution in [1.82, 2.24) is 10.2 Å². The van der Waals surface area contributed by atoms with E-state index in [4.69, 9.17) is 4.42 Å². The monoisotopic (exact) mass is 304 g/mol. The molecule has 0 radical (unpaired) electrons. The number of piperidine rings is 1. The van der Waals surface area contributed by atoms with E-state index in [1.165, 1.54) is 32.1 Å². The molecule has 1 saturated heterocycles. The van der Waals surface area contributed by atoms with Gasteiger partial charge in [-0.15, -0.1) is 0 Å². The van der Waals surface area contributed by atoms with Crippen molar-refractivity contribution in [2.45, 2.75) is 64.0 Å². The van der Waals surface area contributed by atoms with E-state index in [0.29, 0.717) is 12.0 Å². The molecule has 4 nitrogen and oxygen atoms in total. The molecular weight excluding hydrogens is 276 g/mol. The lowest BCUT2D eigenvalue weighted by Gasteiger charge is -2.32. The van der Waals surface area contributed by atoms with Gasteiger partial charge in [0.25, 0.3) is 0 Å². The standard InChI is InChI=1S/C18H28N2O2/c21-18(13-15-5-2-1-3-6-15)19-16-8-10-20(11-9-16)14-17-7-4-12-22-17/h4,7,12,15-16H,1-3,5-6,8-11,13-14H2,(H,19,21). The van der Waals surface area contributed by atoms with Crippen LogP contribution >= 0.6 is 0 Å². The minimum absolute atomic E-state index is 0.274. The van der Waals surface area contributed by atoms with Gasteiger partial charge in [-0.3, -0.25) is 9.69 Å². The first-order valence-electron chi connectivity index (χ1n) is 8.83. The molecule has 0 bridgehead atoms. The highest BCUT2D eigenvalue weighted by molar-refractivity contribution is 5.76. The first-order valence-corrected chi connectivity index (χ1v) is 8.83. The molecule has 122 valence electrons. The van der Waals surface area contributed by atoms with E-state index in [1.807, 2.05) is 12.1 Å². The fourth-order valence-corrected chi connectivity index (χ4v) is 3.80. The van der Waals surface area contributed by atoms with Gasteiger partial charge in [-0.05, 0) is 43.7 Å². The number of likely N-dealkylation sites (tertiary alicyclic amines) is 1. The zero-order chi connectivity index (χ0) is 15.2. The van der Waals surface area contributed by atoms with Gasteiger partial charge in [-0.1, -0.05) is 19.3 Å². The van der Waals surface area contributed by atoms with Crippen LogP contribution in [-0.2, 0) is 11.3 Å². The average Bonchev–Trinajstić information content (AvgIpc) is 3.03. The maximum atomic E-state index is 12.2. The SMILES string of the molecule is O=C(CC1CCCCC1)NC1CCN(Cc2ccco2)CC1. The normalized spacial score (nSPS) is 21.8. The van der Waals surface area contributed by atoms with E-state index in [0.717, 1.165) is 44.7 Å². The number of carbonyl (C=O) groups excluding carboxylic acids is 1. The van der Waals surface area contributed by atoms with Gasteiger partial charge in [-0.25, -0.2) is 0 Å². The Morgan fingerprint density at radius 3 is 2.64 bits per heavy atom. The van der Waals surface area contributed by atoms with Crippen LogP contribution in [0.15, 0.2) is 22.8 Å². The van der Waals surface area contributed by atoms with Crippen molar-refractivity contribution in [1.29, 1.82) is 0 Å². The Morgan fingerprint density at radius 1 is 1.18 bits per heavy atom. The Labute approximate surface area is 133 Å². The van der Waals surface area contributed by atoms with Crippen LogP contribution in [0.5, 0.6) is 0 Å². The number of carbonyl (C=O) groups is 1. The number of furan rings is 1. The minimum Gasteiger partial charge on any atom is -0.468 e. The van der Waals surface area contributed by atoms with Crippen molar-refractivity contribution >= 4 is 5.91 Å². The molecule has 1 aromatic rings. The van der Waals surface area contributed by atoms with Gasteiger partial charge in [0, 0.05) is 25.6 Å². The summed E-state index contributed by atoms with van der Waals surface area (Å²) < 4.78 is 5.40. The Kier molecular flexibility index (Phi) is 5.54. The highest BCUT2D eigenvalue weighted by atomic mass is 16.3. The molecule has 2 aliphatic rings. The smallest absolute Gasteiger partial charge is 0.220 e. The Balaban J connectivity index is 1.35. The number of nitrogens with one attached hydrogen (secondary N) is 1. The van der Waals surface area contributed by atoms with Crippen molar-refractivity contribution in [3.8, 4) is 0 Å². The molecule has 4 heteroatoms. The number of nitrogens with zero attached hydrogens (tertiary/aromatic N) is 1. The molecule has 0 spiro atoms. The molecule has 22 heavy (non-hydrogen) atoms. The van der Waals surface area contributed by atoms with E-state index in [9.17, 15) is 4.79 Å². The van der Waals surface area contributed by atoms with E-state index in [-0.39, 0.29) is 5.91 Å². The summed E-state index contributed by atoms with van der Waals surface area (Å²) in [7, 11) is 0. The van der Waals surface area contributed by atoms with Crippen molar-refractivity contribution in [2.24, 2.45) is 5.92 Å². The second-order valence-corrected chi connectivity index (χ2v) is 6.91. The van der Waals surface area contributed by atoms with E-state index in [1.54, 1.807) is 6.26 Å². The Bertz CT molecular complexity index is 444. The van der Waals surface area contributed by atoms with Gasteiger partial charge in [-0.2, -0.15) is 0 Å². The molecule has 1 aliphatic carbocycles. The summed E-state index contributed by atoms with van der Waals surface area (Å²) >= 11 is 0. The molecule has 0 atom stereocenters. The van der Waals surface area contributed by atoms with Gasteiger partial charge >= 0.3 is 0 Å². The highest BCUT2D eigenvalue weighted by Gasteiger charge is 2.23.